The summed E-state index contributed by atoms with van der Waals surface area (Å²) in [7, 11) is 0. The van der Waals surface area contributed by atoms with E-state index in [1.165, 1.54) is 18.2 Å². The van der Waals surface area contributed by atoms with Crippen molar-refractivity contribution in [3.8, 4) is 11.6 Å². The van der Waals surface area contributed by atoms with E-state index in [9.17, 15) is 14.0 Å². The Bertz CT molecular complexity index is 1150. The number of benzene rings is 2. The molecule has 1 saturated heterocycles. The quantitative estimate of drug-likeness (QED) is 0.561. The van der Waals surface area contributed by atoms with Gasteiger partial charge in [0.15, 0.2) is 0 Å². The third-order valence-corrected chi connectivity index (χ3v) is 5.02. The number of aromatic nitrogens is 1. The molecule has 2 aromatic carbocycles. The van der Waals surface area contributed by atoms with E-state index in [0.29, 0.717) is 23.6 Å². The Morgan fingerprint density at radius 1 is 1.16 bits per heavy atom. The van der Waals surface area contributed by atoms with Crippen LogP contribution in [0.2, 0.25) is 0 Å². The van der Waals surface area contributed by atoms with Crippen molar-refractivity contribution < 1.29 is 18.7 Å². The summed E-state index contributed by atoms with van der Waals surface area (Å²) in [5.74, 6) is 0.0938. The monoisotopic (exact) mass is 431 g/mol. The number of carbonyl (C=O) groups excluding carboxylic acids is 2. The molecule has 0 atom stereocenters. The Hall–Kier alpha value is -4.00. The van der Waals surface area contributed by atoms with Gasteiger partial charge in [-0.1, -0.05) is 24.3 Å². The molecule has 0 aliphatic carbocycles. The molecule has 32 heavy (non-hydrogen) atoms. The van der Waals surface area contributed by atoms with Crippen LogP contribution in [0, 0.1) is 5.82 Å². The Balaban J connectivity index is 1.34. The summed E-state index contributed by atoms with van der Waals surface area (Å²) in [6.07, 6.45) is 6.19. The summed E-state index contributed by atoms with van der Waals surface area (Å²) in [4.78, 5) is 30.1. The second kappa shape index (κ2) is 9.87. The molecule has 4 rings (SSSR count). The van der Waals surface area contributed by atoms with Crippen LogP contribution in [0.3, 0.4) is 0 Å². The molecular weight excluding hydrogens is 409 g/mol. The third-order valence-electron chi connectivity index (χ3n) is 5.02. The first-order chi connectivity index (χ1) is 15.6. The lowest BCUT2D eigenvalue weighted by Gasteiger charge is -2.15. The van der Waals surface area contributed by atoms with Gasteiger partial charge in [-0.25, -0.2) is 9.37 Å². The smallest absolute Gasteiger partial charge is 0.244 e. The van der Waals surface area contributed by atoms with Crippen molar-refractivity contribution in [1.82, 2.24) is 10.3 Å². The summed E-state index contributed by atoms with van der Waals surface area (Å²) >= 11 is 0. The first kappa shape index (κ1) is 21.2. The van der Waals surface area contributed by atoms with Gasteiger partial charge in [0.05, 0.1) is 0 Å². The van der Waals surface area contributed by atoms with Crippen molar-refractivity contribution in [2.75, 3.05) is 11.4 Å². The van der Waals surface area contributed by atoms with Crippen LogP contribution in [-0.2, 0) is 16.1 Å². The minimum Gasteiger partial charge on any atom is -0.439 e. The summed E-state index contributed by atoms with van der Waals surface area (Å²) < 4.78 is 19.0. The SMILES string of the molecule is O=C(C=Cc1ccc(N2CCCC2=O)cc1)NCc1cccnc1Oc1cccc(F)c1. The molecule has 2 amide bonds. The fraction of sp³-hybridized carbons (Fsp3) is 0.160. The highest BCUT2D eigenvalue weighted by Gasteiger charge is 2.21. The van der Waals surface area contributed by atoms with Crippen LogP contribution in [0.5, 0.6) is 11.6 Å². The van der Waals surface area contributed by atoms with E-state index < -0.39 is 5.82 Å². The highest BCUT2D eigenvalue weighted by molar-refractivity contribution is 5.95. The number of carbonyl (C=O) groups is 2. The lowest BCUT2D eigenvalue weighted by molar-refractivity contribution is -0.117. The summed E-state index contributed by atoms with van der Waals surface area (Å²) in [6.45, 7) is 0.952. The maximum absolute atomic E-state index is 13.4. The number of nitrogens with zero attached hydrogens (tertiary/aromatic N) is 2. The largest absolute Gasteiger partial charge is 0.439 e. The molecule has 1 N–H and O–H groups in total. The van der Waals surface area contributed by atoms with Crippen LogP contribution in [0.15, 0.2) is 72.9 Å². The molecule has 0 unspecified atom stereocenters. The Morgan fingerprint density at radius 2 is 2.00 bits per heavy atom. The second-order valence-electron chi connectivity index (χ2n) is 7.32. The average molecular weight is 431 g/mol. The van der Waals surface area contributed by atoms with E-state index >= 15 is 0 Å². The minimum atomic E-state index is -0.404. The molecule has 162 valence electrons. The molecule has 0 saturated carbocycles. The van der Waals surface area contributed by atoms with Gasteiger partial charge in [-0.3, -0.25) is 9.59 Å². The zero-order chi connectivity index (χ0) is 22.3. The zero-order valence-corrected chi connectivity index (χ0v) is 17.3. The van der Waals surface area contributed by atoms with Crippen LogP contribution >= 0.6 is 0 Å². The zero-order valence-electron chi connectivity index (χ0n) is 17.3. The number of ether oxygens (including phenoxy) is 1. The number of hydrogen-bond donors (Lipinski definition) is 1. The molecule has 0 spiro atoms. The molecule has 6 nitrogen and oxygen atoms in total. The average Bonchev–Trinajstić information content (AvgIpc) is 3.23. The molecule has 3 aromatic rings. The van der Waals surface area contributed by atoms with Crippen LogP contribution in [0.1, 0.15) is 24.0 Å². The van der Waals surface area contributed by atoms with Gasteiger partial charge < -0.3 is 15.0 Å². The first-order valence-electron chi connectivity index (χ1n) is 10.3. The van der Waals surface area contributed by atoms with Gasteiger partial charge >= 0.3 is 0 Å². The lowest BCUT2D eigenvalue weighted by atomic mass is 10.2. The molecule has 1 aliphatic rings. The number of halogens is 1. The Morgan fingerprint density at radius 3 is 2.75 bits per heavy atom. The first-order valence-corrected chi connectivity index (χ1v) is 10.3. The van der Waals surface area contributed by atoms with Crippen LogP contribution in [-0.4, -0.2) is 23.3 Å². The number of nitrogens with one attached hydrogen (secondary N) is 1. The van der Waals surface area contributed by atoms with Crippen LogP contribution in [0.4, 0.5) is 10.1 Å². The Labute approximate surface area is 185 Å². The van der Waals surface area contributed by atoms with Crippen LogP contribution < -0.4 is 15.0 Å². The van der Waals surface area contributed by atoms with Gasteiger partial charge in [-0.05, 0) is 48.4 Å². The van der Waals surface area contributed by atoms with Crippen molar-refractivity contribution in [3.63, 3.8) is 0 Å². The summed E-state index contributed by atoms with van der Waals surface area (Å²) in [5.41, 5.74) is 2.39. The number of anilines is 1. The van der Waals surface area contributed by atoms with Crippen molar-refractivity contribution >= 4 is 23.6 Å². The fourth-order valence-electron chi connectivity index (χ4n) is 3.39. The minimum absolute atomic E-state index is 0.142. The van der Waals surface area contributed by atoms with Gasteiger partial charge in [-0.2, -0.15) is 0 Å². The number of amides is 2. The predicted molar refractivity (Wildman–Crippen MR) is 120 cm³/mol. The van der Waals surface area contributed by atoms with E-state index in [4.69, 9.17) is 4.74 Å². The Kier molecular flexibility index (Phi) is 6.55. The standard InChI is InChI=1S/C25H22FN3O3/c26-20-5-1-6-22(16-20)32-25-19(4-2-14-27-25)17-28-23(30)13-10-18-8-11-21(12-9-18)29-15-3-7-24(29)31/h1-2,4-6,8-14,16H,3,7,15,17H2,(H,28,30). The van der Waals surface area contributed by atoms with E-state index in [-0.39, 0.29) is 18.4 Å². The van der Waals surface area contributed by atoms with E-state index in [1.807, 2.05) is 24.3 Å². The van der Waals surface area contributed by atoms with Crippen molar-refractivity contribution in [1.29, 1.82) is 0 Å². The highest BCUT2D eigenvalue weighted by Crippen LogP contribution is 2.24. The van der Waals surface area contributed by atoms with Gasteiger partial charge in [0.25, 0.3) is 0 Å². The summed E-state index contributed by atoms with van der Waals surface area (Å²) in [6, 6.07) is 16.8. The molecule has 1 fully saturated rings. The van der Waals surface area contributed by atoms with Gasteiger partial charge in [0.1, 0.15) is 11.6 Å². The number of rotatable bonds is 7. The van der Waals surface area contributed by atoms with Gasteiger partial charge in [0.2, 0.25) is 17.7 Å². The molecule has 1 aliphatic heterocycles. The maximum Gasteiger partial charge on any atom is 0.244 e. The molecule has 0 bridgehead atoms. The van der Waals surface area contributed by atoms with E-state index in [2.05, 4.69) is 10.3 Å². The van der Waals surface area contributed by atoms with Gasteiger partial charge in [0, 0.05) is 49.1 Å². The second-order valence-corrected chi connectivity index (χ2v) is 7.32. The van der Waals surface area contributed by atoms with E-state index in [1.54, 1.807) is 41.4 Å². The predicted octanol–water partition coefficient (Wildman–Crippen LogP) is 4.47. The van der Waals surface area contributed by atoms with Crippen molar-refractivity contribution in [3.05, 3.63) is 89.9 Å². The van der Waals surface area contributed by atoms with E-state index in [0.717, 1.165) is 24.2 Å². The normalized spacial score (nSPS) is 13.5. The summed E-state index contributed by atoms with van der Waals surface area (Å²) in [5, 5.41) is 2.80. The third kappa shape index (κ3) is 5.37. The molecule has 0 radical (unpaired) electrons. The fourth-order valence-corrected chi connectivity index (χ4v) is 3.39. The molecular formula is C25H22FN3O3. The molecule has 7 heteroatoms. The van der Waals surface area contributed by atoms with Crippen molar-refractivity contribution in [2.45, 2.75) is 19.4 Å². The molecule has 1 aromatic heterocycles. The molecule has 2 heterocycles. The maximum atomic E-state index is 13.4. The lowest BCUT2D eigenvalue weighted by Crippen LogP contribution is -2.23. The topological polar surface area (TPSA) is 71.5 Å². The number of hydrogen-bond acceptors (Lipinski definition) is 4. The number of pyridine rings is 1. The van der Waals surface area contributed by atoms with Gasteiger partial charge in [-0.15, -0.1) is 0 Å². The van der Waals surface area contributed by atoms with Crippen LogP contribution in [0.25, 0.3) is 6.08 Å². The highest BCUT2D eigenvalue weighted by atomic mass is 19.1. The van der Waals surface area contributed by atoms with Crippen molar-refractivity contribution in [2.24, 2.45) is 0 Å².